The molecule has 1 rings (SSSR count). The first kappa shape index (κ1) is 21.3. The van der Waals surface area contributed by atoms with Crippen molar-refractivity contribution in [3.8, 4) is 5.75 Å². The van der Waals surface area contributed by atoms with E-state index >= 15 is 0 Å². The van der Waals surface area contributed by atoms with Gasteiger partial charge >= 0.3 is 0 Å². The molecule has 6 heteroatoms. The predicted molar refractivity (Wildman–Crippen MR) is 90.1 cm³/mol. The van der Waals surface area contributed by atoms with Crippen LogP contribution in [-0.2, 0) is 6.54 Å². The maximum Gasteiger partial charge on any atom is 0.123 e. The minimum atomic E-state index is 0. The lowest BCUT2D eigenvalue weighted by atomic mass is 10.2. The van der Waals surface area contributed by atoms with E-state index in [1.54, 1.807) is 0 Å². The first-order valence-corrected chi connectivity index (χ1v) is 6.83. The molecule has 0 aliphatic carbocycles. The third-order valence-electron chi connectivity index (χ3n) is 2.42. The molecule has 0 saturated heterocycles. The lowest BCUT2D eigenvalue weighted by Crippen LogP contribution is -2.19. The highest BCUT2D eigenvalue weighted by atomic mass is 79.9. The van der Waals surface area contributed by atoms with Crippen molar-refractivity contribution in [3.63, 3.8) is 0 Å². The maximum atomic E-state index is 5.60. The molecule has 0 saturated carbocycles. The van der Waals surface area contributed by atoms with Gasteiger partial charge in [0.25, 0.3) is 0 Å². The van der Waals surface area contributed by atoms with Gasteiger partial charge in [-0.05, 0) is 51.7 Å². The number of hydrogen-bond donors (Lipinski definition) is 2. The molecule has 0 heterocycles. The molecule has 19 heavy (non-hydrogen) atoms. The summed E-state index contributed by atoms with van der Waals surface area (Å²) in [6.45, 7) is 5.61. The van der Waals surface area contributed by atoms with Gasteiger partial charge in [-0.1, -0.05) is 15.9 Å². The number of ether oxygens (including phenoxy) is 1. The molecular weight excluding hydrogens is 351 g/mol. The van der Waals surface area contributed by atoms with Crippen LogP contribution in [0.5, 0.6) is 5.75 Å². The number of nitrogens with one attached hydrogen (secondary N) is 2. The summed E-state index contributed by atoms with van der Waals surface area (Å²) in [6.07, 6.45) is 1.13. The number of rotatable bonds is 8. The van der Waals surface area contributed by atoms with E-state index in [9.17, 15) is 0 Å². The molecule has 0 radical (unpaired) electrons. The van der Waals surface area contributed by atoms with Gasteiger partial charge in [-0.15, -0.1) is 24.8 Å². The van der Waals surface area contributed by atoms with Crippen molar-refractivity contribution in [1.82, 2.24) is 10.6 Å². The van der Waals surface area contributed by atoms with Crippen LogP contribution in [0.25, 0.3) is 0 Å². The van der Waals surface area contributed by atoms with Crippen LogP contribution in [-0.4, -0.2) is 26.7 Å². The SMILES string of the molecule is CCOc1ccc(Br)cc1CNCCCNC.Cl.Cl. The molecule has 112 valence electrons. The van der Waals surface area contributed by atoms with Gasteiger partial charge in [0.15, 0.2) is 0 Å². The first-order chi connectivity index (χ1) is 8.27. The van der Waals surface area contributed by atoms with Gasteiger partial charge in [0.2, 0.25) is 0 Å². The molecule has 0 bridgehead atoms. The Morgan fingerprint density at radius 3 is 2.58 bits per heavy atom. The van der Waals surface area contributed by atoms with Crippen LogP contribution in [0.2, 0.25) is 0 Å². The molecule has 0 atom stereocenters. The molecule has 0 spiro atoms. The van der Waals surface area contributed by atoms with Crippen LogP contribution in [0.15, 0.2) is 22.7 Å². The lowest BCUT2D eigenvalue weighted by Gasteiger charge is -2.11. The molecule has 0 unspecified atom stereocenters. The van der Waals surface area contributed by atoms with E-state index in [-0.39, 0.29) is 24.8 Å². The Balaban J connectivity index is 0. The Bertz CT molecular complexity index is 340. The minimum absolute atomic E-state index is 0. The van der Waals surface area contributed by atoms with Crippen LogP contribution in [0, 0.1) is 0 Å². The van der Waals surface area contributed by atoms with Crippen LogP contribution < -0.4 is 15.4 Å². The summed E-state index contributed by atoms with van der Waals surface area (Å²) in [7, 11) is 1.97. The largest absolute Gasteiger partial charge is 0.494 e. The minimum Gasteiger partial charge on any atom is -0.494 e. The standard InChI is InChI=1S/C13H21BrN2O.2ClH/c1-3-17-13-6-5-12(14)9-11(13)10-16-8-4-7-15-2;;/h5-6,9,15-16H,3-4,7-8,10H2,1-2H3;2*1H. The first-order valence-electron chi connectivity index (χ1n) is 6.04. The fraction of sp³-hybridized carbons (Fsp3) is 0.538. The highest BCUT2D eigenvalue weighted by Crippen LogP contribution is 2.23. The fourth-order valence-corrected chi connectivity index (χ4v) is 2.00. The Kier molecular flexibility index (Phi) is 14.6. The molecule has 1 aromatic carbocycles. The fourth-order valence-electron chi connectivity index (χ4n) is 1.60. The van der Waals surface area contributed by atoms with Crippen LogP contribution in [0.1, 0.15) is 18.9 Å². The van der Waals surface area contributed by atoms with E-state index in [0.717, 1.165) is 36.3 Å². The van der Waals surface area contributed by atoms with Crippen LogP contribution >= 0.6 is 40.7 Å². The van der Waals surface area contributed by atoms with Gasteiger partial charge in [-0.3, -0.25) is 0 Å². The predicted octanol–water partition coefficient (Wildman–Crippen LogP) is 3.39. The number of halogens is 3. The van der Waals surface area contributed by atoms with E-state index in [0.29, 0.717) is 6.61 Å². The second kappa shape index (κ2) is 13.0. The lowest BCUT2D eigenvalue weighted by molar-refractivity contribution is 0.335. The van der Waals surface area contributed by atoms with E-state index in [4.69, 9.17) is 4.74 Å². The van der Waals surface area contributed by atoms with E-state index in [2.05, 4.69) is 32.6 Å². The third kappa shape index (κ3) is 8.71. The molecular formula is C13H23BrCl2N2O. The van der Waals surface area contributed by atoms with Gasteiger partial charge in [0.05, 0.1) is 6.61 Å². The smallest absolute Gasteiger partial charge is 0.123 e. The molecule has 0 aromatic heterocycles. The second-order valence-corrected chi connectivity index (χ2v) is 4.73. The van der Waals surface area contributed by atoms with Crippen molar-refractivity contribution >= 4 is 40.7 Å². The molecule has 1 aromatic rings. The van der Waals surface area contributed by atoms with Crippen LogP contribution in [0.3, 0.4) is 0 Å². The molecule has 0 aliphatic heterocycles. The quantitative estimate of drug-likeness (QED) is 0.685. The summed E-state index contributed by atoms with van der Waals surface area (Å²) in [5, 5.41) is 6.56. The third-order valence-corrected chi connectivity index (χ3v) is 2.91. The van der Waals surface area contributed by atoms with Gasteiger partial charge in [0, 0.05) is 16.6 Å². The molecule has 3 nitrogen and oxygen atoms in total. The average molecular weight is 374 g/mol. The highest BCUT2D eigenvalue weighted by Gasteiger charge is 2.03. The summed E-state index contributed by atoms with van der Waals surface area (Å²) >= 11 is 3.49. The van der Waals surface area contributed by atoms with Gasteiger partial charge in [-0.2, -0.15) is 0 Å². The summed E-state index contributed by atoms with van der Waals surface area (Å²) < 4.78 is 6.69. The maximum absolute atomic E-state index is 5.60. The summed E-state index contributed by atoms with van der Waals surface area (Å²) in [5.74, 6) is 0.969. The van der Waals surface area contributed by atoms with E-state index < -0.39 is 0 Å². The summed E-state index contributed by atoms with van der Waals surface area (Å²) in [5.41, 5.74) is 1.20. The highest BCUT2D eigenvalue weighted by molar-refractivity contribution is 9.10. The zero-order valence-electron chi connectivity index (χ0n) is 11.4. The number of benzene rings is 1. The Hall–Kier alpha value is -0.000000000000000222. The van der Waals surface area contributed by atoms with Crippen LogP contribution in [0.4, 0.5) is 0 Å². The zero-order valence-corrected chi connectivity index (χ0v) is 14.6. The normalized spacial score (nSPS) is 9.42. The van der Waals surface area contributed by atoms with Crippen molar-refractivity contribution < 1.29 is 4.74 Å². The average Bonchev–Trinajstić information content (AvgIpc) is 2.32. The Morgan fingerprint density at radius 2 is 1.95 bits per heavy atom. The van der Waals surface area contributed by atoms with E-state index in [1.165, 1.54) is 5.56 Å². The zero-order chi connectivity index (χ0) is 12.5. The van der Waals surface area contributed by atoms with Gasteiger partial charge in [0.1, 0.15) is 5.75 Å². The molecule has 0 fully saturated rings. The van der Waals surface area contributed by atoms with Crippen molar-refractivity contribution in [2.45, 2.75) is 19.9 Å². The van der Waals surface area contributed by atoms with Crippen molar-refractivity contribution in [3.05, 3.63) is 28.2 Å². The van der Waals surface area contributed by atoms with Crippen molar-refractivity contribution in [2.24, 2.45) is 0 Å². The Labute approximate surface area is 136 Å². The molecule has 0 aliphatic rings. The van der Waals surface area contributed by atoms with Crippen molar-refractivity contribution in [1.29, 1.82) is 0 Å². The topological polar surface area (TPSA) is 33.3 Å². The Morgan fingerprint density at radius 1 is 1.21 bits per heavy atom. The summed E-state index contributed by atoms with van der Waals surface area (Å²) in [6, 6.07) is 6.13. The number of hydrogen-bond acceptors (Lipinski definition) is 3. The molecule has 2 N–H and O–H groups in total. The van der Waals surface area contributed by atoms with Gasteiger partial charge < -0.3 is 15.4 Å². The summed E-state index contributed by atoms with van der Waals surface area (Å²) in [4.78, 5) is 0. The van der Waals surface area contributed by atoms with Gasteiger partial charge in [-0.25, -0.2) is 0 Å². The van der Waals surface area contributed by atoms with Crippen molar-refractivity contribution in [2.75, 3.05) is 26.7 Å². The molecule has 0 amide bonds. The van der Waals surface area contributed by atoms with E-state index in [1.807, 2.05) is 26.1 Å². The monoisotopic (exact) mass is 372 g/mol. The second-order valence-electron chi connectivity index (χ2n) is 3.82.